The van der Waals surface area contributed by atoms with Crippen LogP contribution in [0.25, 0.3) is 17.1 Å². The first-order valence-corrected chi connectivity index (χ1v) is 8.17. The summed E-state index contributed by atoms with van der Waals surface area (Å²) in [6.45, 7) is 0.392. The Morgan fingerprint density at radius 1 is 1.07 bits per heavy atom. The lowest BCUT2D eigenvalue weighted by atomic mass is 10.1. The quantitative estimate of drug-likeness (QED) is 0.351. The van der Waals surface area contributed by atoms with E-state index in [0.29, 0.717) is 23.7 Å². The molecule has 5 N–H and O–H groups in total. The highest BCUT2D eigenvalue weighted by Gasteiger charge is 2.06. The first-order valence-electron chi connectivity index (χ1n) is 8.17. The molecule has 3 aromatic rings. The molecule has 7 heteroatoms. The molecular formula is C20H18N6O. The number of rotatable bonds is 6. The van der Waals surface area contributed by atoms with Crippen LogP contribution in [0, 0.1) is 11.3 Å². The van der Waals surface area contributed by atoms with Crippen molar-refractivity contribution >= 4 is 5.70 Å². The van der Waals surface area contributed by atoms with E-state index in [0.717, 1.165) is 11.1 Å². The zero-order valence-electron chi connectivity index (χ0n) is 14.5. The number of nitrogens with two attached hydrogens (primary N) is 2. The lowest BCUT2D eigenvalue weighted by molar-refractivity contribution is 0.306. The Morgan fingerprint density at radius 3 is 2.48 bits per heavy atom. The minimum Gasteiger partial charge on any atom is -0.489 e. The number of benzene rings is 2. The van der Waals surface area contributed by atoms with E-state index in [2.05, 4.69) is 15.4 Å². The van der Waals surface area contributed by atoms with Crippen molar-refractivity contribution in [3.8, 4) is 23.2 Å². The Labute approximate surface area is 156 Å². The monoisotopic (exact) mass is 358 g/mol. The number of aromatic nitrogens is 2. The lowest BCUT2D eigenvalue weighted by Crippen LogP contribution is -2.23. The SMILES string of the molecule is N#C/C(NN)=C(/N)c1cccc(OCc2ccc(-c3ncccn3)cc2)c1. The van der Waals surface area contributed by atoms with Gasteiger partial charge in [-0.1, -0.05) is 36.4 Å². The molecule has 0 aliphatic rings. The Hall–Kier alpha value is -3.89. The van der Waals surface area contributed by atoms with Crippen molar-refractivity contribution in [2.45, 2.75) is 6.61 Å². The van der Waals surface area contributed by atoms with Crippen molar-refractivity contribution in [3.05, 3.63) is 83.8 Å². The smallest absolute Gasteiger partial charge is 0.159 e. The maximum absolute atomic E-state index is 9.01. The number of nitriles is 1. The molecule has 0 aliphatic heterocycles. The third-order valence-electron chi connectivity index (χ3n) is 3.85. The largest absolute Gasteiger partial charge is 0.489 e. The summed E-state index contributed by atoms with van der Waals surface area (Å²) in [5.74, 6) is 6.62. The van der Waals surface area contributed by atoms with E-state index < -0.39 is 0 Å². The highest BCUT2D eigenvalue weighted by molar-refractivity contribution is 5.69. The van der Waals surface area contributed by atoms with E-state index in [1.807, 2.05) is 36.4 Å². The number of allylic oxidation sites excluding steroid dienone is 1. The minimum absolute atomic E-state index is 0.103. The van der Waals surface area contributed by atoms with Crippen LogP contribution in [0.1, 0.15) is 11.1 Å². The van der Waals surface area contributed by atoms with Gasteiger partial charge >= 0.3 is 0 Å². The van der Waals surface area contributed by atoms with Crippen molar-refractivity contribution in [1.82, 2.24) is 15.4 Å². The number of nitrogens with one attached hydrogen (secondary N) is 1. The molecule has 0 saturated heterocycles. The van der Waals surface area contributed by atoms with E-state index in [1.54, 1.807) is 36.7 Å². The maximum atomic E-state index is 9.01. The predicted molar refractivity (Wildman–Crippen MR) is 102 cm³/mol. The summed E-state index contributed by atoms with van der Waals surface area (Å²) in [6.07, 6.45) is 3.43. The van der Waals surface area contributed by atoms with Gasteiger partial charge in [-0.25, -0.2) is 15.8 Å². The molecule has 0 radical (unpaired) electrons. The molecule has 7 nitrogen and oxygen atoms in total. The van der Waals surface area contributed by atoms with Crippen LogP contribution in [0.5, 0.6) is 5.75 Å². The van der Waals surface area contributed by atoms with Crippen LogP contribution in [0.4, 0.5) is 0 Å². The normalized spacial score (nSPS) is 11.3. The van der Waals surface area contributed by atoms with Gasteiger partial charge in [0, 0.05) is 23.5 Å². The second kappa shape index (κ2) is 8.47. The summed E-state index contributed by atoms with van der Waals surface area (Å²) in [5, 5.41) is 9.01. The number of hydrazine groups is 1. The van der Waals surface area contributed by atoms with Crippen LogP contribution >= 0.6 is 0 Å². The molecule has 27 heavy (non-hydrogen) atoms. The Morgan fingerprint density at radius 2 is 1.81 bits per heavy atom. The lowest BCUT2D eigenvalue weighted by Gasteiger charge is -2.10. The summed E-state index contributed by atoms with van der Waals surface area (Å²) in [4.78, 5) is 8.46. The van der Waals surface area contributed by atoms with Crippen LogP contribution in [-0.2, 0) is 6.61 Å². The van der Waals surface area contributed by atoms with Gasteiger partial charge in [-0.3, -0.25) is 0 Å². The standard InChI is InChI=1S/C20H18N6O/c21-12-18(26-23)19(22)16-3-1-4-17(11-16)27-13-14-5-7-15(8-6-14)20-24-9-2-10-25-20/h1-11,26H,13,22-23H2/b19-18-. The van der Waals surface area contributed by atoms with Gasteiger partial charge in [-0.2, -0.15) is 5.26 Å². The molecule has 0 atom stereocenters. The van der Waals surface area contributed by atoms with Gasteiger partial charge in [-0.15, -0.1) is 0 Å². The molecule has 2 aromatic carbocycles. The topological polar surface area (TPSA) is 123 Å². The van der Waals surface area contributed by atoms with E-state index in [9.17, 15) is 0 Å². The van der Waals surface area contributed by atoms with E-state index in [4.69, 9.17) is 21.6 Å². The minimum atomic E-state index is 0.103. The first kappa shape index (κ1) is 17.9. The van der Waals surface area contributed by atoms with Gasteiger partial charge in [0.15, 0.2) is 11.5 Å². The summed E-state index contributed by atoms with van der Waals surface area (Å²) in [5.41, 5.74) is 11.2. The second-order valence-electron chi connectivity index (χ2n) is 5.63. The Balaban J connectivity index is 1.70. The van der Waals surface area contributed by atoms with Crippen molar-refractivity contribution in [1.29, 1.82) is 5.26 Å². The van der Waals surface area contributed by atoms with E-state index >= 15 is 0 Å². The molecule has 0 aliphatic carbocycles. The maximum Gasteiger partial charge on any atom is 0.159 e. The average Bonchev–Trinajstić information content (AvgIpc) is 2.74. The van der Waals surface area contributed by atoms with Crippen LogP contribution in [-0.4, -0.2) is 9.97 Å². The number of nitrogens with zero attached hydrogens (tertiary/aromatic N) is 3. The molecule has 0 saturated carbocycles. The average molecular weight is 358 g/mol. The van der Waals surface area contributed by atoms with Gasteiger partial charge in [0.1, 0.15) is 18.4 Å². The van der Waals surface area contributed by atoms with Gasteiger partial charge in [0.25, 0.3) is 0 Å². The number of ether oxygens (including phenoxy) is 1. The van der Waals surface area contributed by atoms with Crippen LogP contribution < -0.4 is 21.7 Å². The fraction of sp³-hybridized carbons (Fsp3) is 0.0500. The zero-order valence-corrected chi connectivity index (χ0v) is 14.5. The van der Waals surface area contributed by atoms with Crippen molar-refractivity contribution in [3.63, 3.8) is 0 Å². The van der Waals surface area contributed by atoms with Crippen molar-refractivity contribution < 1.29 is 4.74 Å². The van der Waals surface area contributed by atoms with Gasteiger partial charge in [0.2, 0.25) is 0 Å². The third-order valence-corrected chi connectivity index (χ3v) is 3.85. The summed E-state index contributed by atoms with van der Waals surface area (Å²) in [7, 11) is 0. The van der Waals surface area contributed by atoms with Crippen molar-refractivity contribution in [2.75, 3.05) is 0 Å². The van der Waals surface area contributed by atoms with E-state index in [-0.39, 0.29) is 11.4 Å². The zero-order chi connectivity index (χ0) is 19.1. The van der Waals surface area contributed by atoms with Crippen molar-refractivity contribution in [2.24, 2.45) is 11.6 Å². The number of hydrogen-bond acceptors (Lipinski definition) is 7. The summed E-state index contributed by atoms with van der Waals surface area (Å²) in [6, 6.07) is 18.7. The van der Waals surface area contributed by atoms with E-state index in [1.165, 1.54) is 0 Å². The molecule has 0 spiro atoms. The first-order chi connectivity index (χ1) is 13.2. The third kappa shape index (κ3) is 4.39. The Bertz CT molecular complexity index is 977. The Kier molecular flexibility index (Phi) is 5.62. The molecule has 0 fully saturated rings. The molecule has 1 heterocycles. The molecule has 134 valence electrons. The predicted octanol–water partition coefficient (Wildman–Crippen LogP) is 2.34. The molecular weight excluding hydrogens is 340 g/mol. The fourth-order valence-corrected chi connectivity index (χ4v) is 2.43. The molecule has 0 bridgehead atoms. The molecule has 1 aromatic heterocycles. The molecule has 3 rings (SSSR count). The highest BCUT2D eigenvalue weighted by atomic mass is 16.5. The van der Waals surface area contributed by atoms with Crippen LogP contribution in [0.15, 0.2) is 72.7 Å². The second-order valence-corrected chi connectivity index (χ2v) is 5.63. The summed E-state index contributed by atoms with van der Waals surface area (Å²) < 4.78 is 5.83. The van der Waals surface area contributed by atoms with Gasteiger partial charge < -0.3 is 15.9 Å². The molecule has 0 amide bonds. The van der Waals surface area contributed by atoms with Crippen LogP contribution in [0.2, 0.25) is 0 Å². The highest BCUT2D eigenvalue weighted by Crippen LogP contribution is 2.20. The van der Waals surface area contributed by atoms with Gasteiger partial charge in [0.05, 0.1) is 5.70 Å². The fourth-order valence-electron chi connectivity index (χ4n) is 2.43. The molecule has 0 unspecified atom stereocenters. The van der Waals surface area contributed by atoms with Crippen LogP contribution in [0.3, 0.4) is 0 Å². The van der Waals surface area contributed by atoms with Gasteiger partial charge in [-0.05, 0) is 23.8 Å². The summed E-state index contributed by atoms with van der Waals surface area (Å²) >= 11 is 0. The number of hydrogen-bond donors (Lipinski definition) is 3.